The van der Waals surface area contributed by atoms with Crippen LogP contribution >= 0.6 is 0 Å². The van der Waals surface area contributed by atoms with Gasteiger partial charge in [-0.2, -0.15) is 0 Å². The predicted molar refractivity (Wildman–Crippen MR) is 64.9 cm³/mol. The summed E-state index contributed by atoms with van der Waals surface area (Å²) in [7, 11) is 0. The Morgan fingerprint density at radius 3 is 2.62 bits per heavy atom. The molecule has 1 aliphatic heterocycles. The van der Waals surface area contributed by atoms with Gasteiger partial charge in [-0.15, -0.1) is 0 Å². The first-order valence-electron chi connectivity index (χ1n) is 6.02. The van der Waals surface area contributed by atoms with Crippen molar-refractivity contribution in [3.8, 4) is 0 Å². The van der Waals surface area contributed by atoms with Gasteiger partial charge in [0, 0.05) is 19.0 Å². The van der Waals surface area contributed by atoms with Crippen molar-refractivity contribution in [2.45, 2.75) is 39.3 Å². The standard InChI is InChI=1S/C14H19NO/c1-11(2)13-8-9-14(16)15(13)10-12-6-4-3-5-7-12/h3-7,11,13H,8-10H2,1-2H3. The van der Waals surface area contributed by atoms with E-state index in [1.807, 2.05) is 23.1 Å². The van der Waals surface area contributed by atoms with Crippen LogP contribution in [0.2, 0.25) is 0 Å². The zero-order valence-corrected chi connectivity index (χ0v) is 10.0. The van der Waals surface area contributed by atoms with E-state index in [1.165, 1.54) is 5.56 Å². The Hall–Kier alpha value is -1.31. The summed E-state index contributed by atoms with van der Waals surface area (Å²) in [6, 6.07) is 10.7. The molecule has 1 aromatic rings. The highest BCUT2D eigenvalue weighted by Gasteiger charge is 2.32. The van der Waals surface area contributed by atoms with Crippen LogP contribution in [-0.2, 0) is 11.3 Å². The highest BCUT2D eigenvalue weighted by Crippen LogP contribution is 2.26. The van der Waals surface area contributed by atoms with Crippen molar-refractivity contribution in [3.63, 3.8) is 0 Å². The molecule has 1 amide bonds. The van der Waals surface area contributed by atoms with E-state index < -0.39 is 0 Å². The number of carbonyl (C=O) groups excluding carboxylic acids is 1. The van der Waals surface area contributed by atoms with Crippen LogP contribution in [0.4, 0.5) is 0 Å². The average molecular weight is 217 g/mol. The van der Waals surface area contributed by atoms with Crippen LogP contribution in [0.1, 0.15) is 32.3 Å². The Labute approximate surface area is 97.3 Å². The Morgan fingerprint density at radius 2 is 2.00 bits per heavy atom. The average Bonchev–Trinajstić information content (AvgIpc) is 2.62. The van der Waals surface area contributed by atoms with Crippen LogP contribution in [0.25, 0.3) is 0 Å². The topological polar surface area (TPSA) is 20.3 Å². The number of hydrogen-bond donors (Lipinski definition) is 0. The summed E-state index contributed by atoms with van der Waals surface area (Å²) in [6.45, 7) is 5.16. The van der Waals surface area contributed by atoms with Gasteiger partial charge in [0.05, 0.1) is 0 Å². The molecule has 1 heterocycles. The molecule has 2 nitrogen and oxygen atoms in total. The molecule has 1 atom stereocenters. The van der Waals surface area contributed by atoms with E-state index in [9.17, 15) is 4.79 Å². The van der Waals surface area contributed by atoms with Gasteiger partial charge >= 0.3 is 0 Å². The third kappa shape index (κ3) is 2.26. The summed E-state index contributed by atoms with van der Waals surface area (Å²) in [4.78, 5) is 13.9. The molecule has 16 heavy (non-hydrogen) atoms. The van der Waals surface area contributed by atoms with E-state index in [1.54, 1.807) is 0 Å². The zero-order valence-electron chi connectivity index (χ0n) is 10.0. The van der Waals surface area contributed by atoms with Gasteiger partial charge in [0.25, 0.3) is 0 Å². The predicted octanol–water partition coefficient (Wildman–Crippen LogP) is 2.83. The lowest BCUT2D eigenvalue weighted by Gasteiger charge is -2.27. The first-order chi connectivity index (χ1) is 7.68. The highest BCUT2D eigenvalue weighted by atomic mass is 16.2. The molecule has 1 aromatic carbocycles. The fraction of sp³-hybridized carbons (Fsp3) is 0.500. The van der Waals surface area contributed by atoms with Crippen molar-refractivity contribution in [3.05, 3.63) is 35.9 Å². The van der Waals surface area contributed by atoms with Crippen molar-refractivity contribution in [2.24, 2.45) is 5.92 Å². The highest BCUT2D eigenvalue weighted by molar-refractivity contribution is 5.78. The lowest BCUT2D eigenvalue weighted by Crippen LogP contribution is -2.35. The Kier molecular flexibility index (Phi) is 3.28. The molecular weight excluding hydrogens is 198 g/mol. The molecule has 2 rings (SSSR count). The number of hydrogen-bond acceptors (Lipinski definition) is 1. The second-order valence-corrected chi connectivity index (χ2v) is 4.86. The van der Waals surface area contributed by atoms with Crippen molar-refractivity contribution in [2.75, 3.05) is 0 Å². The molecule has 0 bridgehead atoms. The molecular formula is C14H19NO. The van der Waals surface area contributed by atoms with Crippen molar-refractivity contribution >= 4 is 5.91 Å². The quantitative estimate of drug-likeness (QED) is 0.762. The number of rotatable bonds is 3. The Balaban J connectivity index is 2.10. The number of likely N-dealkylation sites (tertiary alicyclic amines) is 1. The molecule has 2 heteroatoms. The summed E-state index contributed by atoms with van der Waals surface area (Å²) >= 11 is 0. The van der Waals surface area contributed by atoms with Crippen molar-refractivity contribution < 1.29 is 4.79 Å². The molecule has 1 unspecified atom stereocenters. The molecule has 0 N–H and O–H groups in total. The molecule has 0 radical (unpaired) electrons. The molecule has 0 aliphatic carbocycles. The largest absolute Gasteiger partial charge is 0.335 e. The van der Waals surface area contributed by atoms with E-state index in [2.05, 4.69) is 26.0 Å². The normalized spacial score (nSPS) is 20.8. The summed E-state index contributed by atoms with van der Waals surface area (Å²) in [5.74, 6) is 0.859. The van der Waals surface area contributed by atoms with Gasteiger partial charge in [0.15, 0.2) is 0 Å². The second-order valence-electron chi connectivity index (χ2n) is 4.86. The van der Waals surface area contributed by atoms with Gasteiger partial charge in [-0.25, -0.2) is 0 Å². The summed E-state index contributed by atoms with van der Waals surface area (Å²) in [5, 5.41) is 0. The summed E-state index contributed by atoms with van der Waals surface area (Å²) in [6.07, 6.45) is 1.74. The van der Waals surface area contributed by atoms with E-state index in [0.29, 0.717) is 17.9 Å². The molecule has 0 saturated carbocycles. The third-order valence-corrected chi connectivity index (χ3v) is 3.34. The van der Waals surface area contributed by atoms with Crippen LogP contribution in [0.15, 0.2) is 30.3 Å². The minimum Gasteiger partial charge on any atom is -0.335 e. The van der Waals surface area contributed by atoms with E-state index >= 15 is 0 Å². The monoisotopic (exact) mass is 217 g/mol. The van der Waals surface area contributed by atoms with Crippen molar-refractivity contribution in [1.29, 1.82) is 0 Å². The van der Waals surface area contributed by atoms with Gasteiger partial charge in [-0.3, -0.25) is 4.79 Å². The Morgan fingerprint density at radius 1 is 1.31 bits per heavy atom. The third-order valence-electron chi connectivity index (χ3n) is 3.34. The van der Waals surface area contributed by atoms with Crippen LogP contribution < -0.4 is 0 Å². The van der Waals surface area contributed by atoms with Gasteiger partial charge in [-0.05, 0) is 17.9 Å². The fourth-order valence-electron chi connectivity index (χ4n) is 2.43. The molecule has 1 fully saturated rings. The maximum absolute atomic E-state index is 11.8. The SMILES string of the molecule is CC(C)C1CCC(=O)N1Cc1ccccc1. The lowest BCUT2D eigenvalue weighted by atomic mass is 10.0. The number of benzene rings is 1. The molecule has 1 aliphatic rings. The van der Waals surface area contributed by atoms with E-state index in [4.69, 9.17) is 0 Å². The van der Waals surface area contributed by atoms with Gasteiger partial charge in [-0.1, -0.05) is 44.2 Å². The maximum Gasteiger partial charge on any atom is 0.223 e. The number of nitrogens with zero attached hydrogens (tertiary/aromatic N) is 1. The molecule has 86 valence electrons. The smallest absolute Gasteiger partial charge is 0.223 e. The lowest BCUT2D eigenvalue weighted by molar-refractivity contribution is -0.130. The van der Waals surface area contributed by atoms with Crippen LogP contribution in [0, 0.1) is 5.92 Å². The summed E-state index contributed by atoms with van der Waals surface area (Å²) in [5.41, 5.74) is 1.23. The Bertz CT molecular complexity index is 358. The van der Waals surface area contributed by atoms with E-state index in [-0.39, 0.29) is 0 Å². The second kappa shape index (κ2) is 4.69. The number of amides is 1. The van der Waals surface area contributed by atoms with Crippen LogP contribution in [0.5, 0.6) is 0 Å². The van der Waals surface area contributed by atoms with Crippen molar-refractivity contribution in [1.82, 2.24) is 4.90 Å². The van der Waals surface area contributed by atoms with E-state index in [0.717, 1.165) is 19.4 Å². The first-order valence-corrected chi connectivity index (χ1v) is 6.02. The maximum atomic E-state index is 11.8. The van der Waals surface area contributed by atoms with Crippen LogP contribution in [-0.4, -0.2) is 16.8 Å². The summed E-state index contributed by atoms with van der Waals surface area (Å²) < 4.78 is 0. The zero-order chi connectivity index (χ0) is 11.5. The molecule has 1 saturated heterocycles. The fourth-order valence-corrected chi connectivity index (χ4v) is 2.43. The van der Waals surface area contributed by atoms with Gasteiger partial charge in [0.1, 0.15) is 0 Å². The molecule has 0 spiro atoms. The minimum absolute atomic E-state index is 0.308. The van der Waals surface area contributed by atoms with Gasteiger partial charge in [0.2, 0.25) is 5.91 Å². The minimum atomic E-state index is 0.308. The molecule has 0 aromatic heterocycles. The number of carbonyl (C=O) groups is 1. The van der Waals surface area contributed by atoms with Crippen LogP contribution in [0.3, 0.4) is 0 Å². The first kappa shape index (κ1) is 11.2. The van der Waals surface area contributed by atoms with Gasteiger partial charge < -0.3 is 4.90 Å².